The van der Waals surface area contributed by atoms with Crippen LogP contribution in [0.15, 0.2) is 48.5 Å². The second-order valence-electron chi connectivity index (χ2n) is 7.02. The summed E-state index contributed by atoms with van der Waals surface area (Å²) < 4.78 is 8.40. The van der Waals surface area contributed by atoms with E-state index in [-0.39, 0.29) is 5.91 Å². The summed E-state index contributed by atoms with van der Waals surface area (Å²) in [5.41, 5.74) is 3.74. The number of aromatic nitrogens is 2. The fraction of sp³-hybridized carbons (Fsp3) is 0.273. The third-order valence-electron chi connectivity index (χ3n) is 4.52. The molecule has 0 atom stereocenters. The van der Waals surface area contributed by atoms with Crippen LogP contribution in [-0.2, 0) is 13.6 Å². The fourth-order valence-electron chi connectivity index (χ4n) is 2.88. The van der Waals surface area contributed by atoms with Crippen LogP contribution in [0.3, 0.4) is 0 Å². The Morgan fingerprint density at radius 1 is 1.11 bits per heavy atom. The minimum absolute atomic E-state index is 0.127. The van der Waals surface area contributed by atoms with E-state index in [9.17, 15) is 4.79 Å². The van der Waals surface area contributed by atoms with Gasteiger partial charge in [-0.05, 0) is 70.8 Å². The summed E-state index contributed by atoms with van der Waals surface area (Å²) in [6, 6.07) is 15.9. The molecule has 0 saturated heterocycles. The predicted molar refractivity (Wildman–Crippen MR) is 119 cm³/mol. The molecule has 1 aromatic heterocycles. The number of carbonyl (C=O) groups excluding carboxylic acids is 1. The maximum absolute atomic E-state index is 12.5. The van der Waals surface area contributed by atoms with Gasteiger partial charge in [-0.2, -0.15) is 5.10 Å². The van der Waals surface area contributed by atoms with Crippen LogP contribution < -0.4 is 10.1 Å². The van der Waals surface area contributed by atoms with E-state index in [0.717, 1.165) is 26.3 Å². The molecule has 0 spiro atoms. The van der Waals surface area contributed by atoms with Crippen molar-refractivity contribution in [3.05, 3.63) is 74.6 Å². The number of carbonyl (C=O) groups is 1. The third-order valence-corrected chi connectivity index (χ3v) is 5.81. The van der Waals surface area contributed by atoms with Gasteiger partial charge in [0.05, 0.1) is 9.26 Å². The summed E-state index contributed by atoms with van der Waals surface area (Å²) in [6.07, 6.45) is 0. The molecule has 0 saturated carbocycles. The summed E-state index contributed by atoms with van der Waals surface area (Å²) in [6.45, 7) is 6.68. The number of halogens is 1. The molecule has 0 unspecified atom stereocenters. The maximum atomic E-state index is 12.5. The first-order chi connectivity index (χ1) is 13.3. The Morgan fingerprint density at radius 3 is 2.18 bits per heavy atom. The number of ether oxygens (including phenoxy) is 1. The molecule has 3 rings (SSSR count). The first kappa shape index (κ1) is 20.4. The summed E-state index contributed by atoms with van der Waals surface area (Å²) in [4.78, 5) is 12.5. The summed E-state index contributed by atoms with van der Waals surface area (Å²) in [5, 5.41) is 7.24. The summed E-state index contributed by atoms with van der Waals surface area (Å²) in [7, 11) is 1.78. The Morgan fingerprint density at radius 2 is 1.68 bits per heavy atom. The van der Waals surface area contributed by atoms with Crippen LogP contribution in [0.25, 0.3) is 0 Å². The standard InChI is InChI=1S/C22H24IN3O2/c1-14(2)17-7-11-19(12-8-17)28-18-9-5-16(6-10-18)13-24-22(27)21-20(23)15(3)25-26(21)4/h5-12,14H,13H2,1-4H3,(H,24,27). The zero-order valence-electron chi connectivity index (χ0n) is 16.5. The Balaban J connectivity index is 1.59. The molecule has 146 valence electrons. The topological polar surface area (TPSA) is 56.2 Å². The largest absolute Gasteiger partial charge is 0.457 e. The minimum atomic E-state index is -0.127. The Labute approximate surface area is 179 Å². The van der Waals surface area contributed by atoms with Crippen LogP contribution in [0.1, 0.15) is 47.1 Å². The van der Waals surface area contributed by atoms with Crippen LogP contribution >= 0.6 is 22.6 Å². The van der Waals surface area contributed by atoms with Gasteiger partial charge in [0.1, 0.15) is 17.2 Å². The molecule has 0 bridgehead atoms. The lowest BCUT2D eigenvalue weighted by molar-refractivity contribution is 0.0940. The van der Waals surface area contributed by atoms with Crippen molar-refractivity contribution in [3.8, 4) is 11.5 Å². The van der Waals surface area contributed by atoms with E-state index in [1.807, 2.05) is 43.3 Å². The molecule has 1 heterocycles. The van der Waals surface area contributed by atoms with Crippen molar-refractivity contribution in [3.63, 3.8) is 0 Å². The van der Waals surface area contributed by atoms with Crippen molar-refractivity contribution in [1.82, 2.24) is 15.1 Å². The average Bonchev–Trinajstić information content (AvgIpc) is 2.93. The maximum Gasteiger partial charge on any atom is 0.270 e. The number of rotatable bonds is 6. The lowest BCUT2D eigenvalue weighted by Crippen LogP contribution is -2.25. The van der Waals surface area contributed by atoms with Gasteiger partial charge >= 0.3 is 0 Å². The number of amides is 1. The van der Waals surface area contributed by atoms with E-state index < -0.39 is 0 Å². The zero-order valence-corrected chi connectivity index (χ0v) is 18.6. The molecule has 0 radical (unpaired) electrons. The van der Waals surface area contributed by atoms with E-state index >= 15 is 0 Å². The van der Waals surface area contributed by atoms with E-state index in [4.69, 9.17) is 4.74 Å². The van der Waals surface area contributed by atoms with E-state index in [2.05, 4.69) is 59.0 Å². The molecular formula is C22H24IN3O2. The number of hydrogen-bond acceptors (Lipinski definition) is 3. The molecule has 3 aromatic rings. The van der Waals surface area contributed by atoms with Gasteiger partial charge in [0, 0.05) is 13.6 Å². The van der Waals surface area contributed by atoms with Crippen molar-refractivity contribution in [1.29, 1.82) is 0 Å². The molecule has 0 fully saturated rings. The summed E-state index contributed by atoms with van der Waals surface area (Å²) in [5.74, 6) is 1.95. The van der Waals surface area contributed by atoms with Gasteiger partial charge in [-0.3, -0.25) is 9.48 Å². The molecule has 1 amide bonds. The SMILES string of the molecule is Cc1nn(C)c(C(=O)NCc2ccc(Oc3ccc(C(C)C)cc3)cc2)c1I. The number of nitrogens with one attached hydrogen (secondary N) is 1. The zero-order chi connectivity index (χ0) is 20.3. The molecule has 0 aliphatic rings. The van der Waals surface area contributed by atoms with Crippen LogP contribution in [0, 0.1) is 10.5 Å². The van der Waals surface area contributed by atoms with Crippen molar-refractivity contribution < 1.29 is 9.53 Å². The highest BCUT2D eigenvalue weighted by Crippen LogP contribution is 2.24. The monoisotopic (exact) mass is 489 g/mol. The first-order valence-electron chi connectivity index (χ1n) is 9.19. The van der Waals surface area contributed by atoms with Gasteiger partial charge in [0.15, 0.2) is 0 Å². The third kappa shape index (κ3) is 4.73. The smallest absolute Gasteiger partial charge is 0.270 e. The Kier molecular flexibility index (Phi) is 6.39. The van der Waals surface area contributed by atoms with E-state index in [1.54, 1.807) is 11.7 Å². The highest BCUT2D eigenvalue weighted by Gasteiger charge is 2.17. The molecule has 2 aromatic carbocycles. The fourth-order valence-corrected chi connectivity index (χ4v) is 3.58. The second-order valence-corrected chi connectivity index (χ2v) is 8.10. The molecule has 6 heteroatoms. The molecule has 28 heavy (non-hydrogen) atoms. The number of aryl methyl sites for hydroxylation is 2. The number of nitrogens with zero attached hydrogens (tertiary/aromatic N) is 2. The second kappa shape index (κ2) is 8.77. The van der Waals surface area contributed by atoms with Gasteiger partial charge in [0.2, 0.25) is 0 Å². The quantitative estimate of drug-likeness (QED) is 0.486. The van der Waals surface area contributed by atoms with Crippen LogP contribution in [0.2, 0.25) is 0 Å². The highest BCUT2D eigenvalue weighted by molar-refractivity contribution is 14.1. The van der Waals surface area contributed by atoms with Crippen molar-refractivity contribution in [2.45, 2.75) is 33.2 Å². The van der Waals surface area contributed by atoms with Crippen LogP contribution in [0.5, 0.6) is 11.5 Å². The van der Waals surface area contributed by atoms with E-state index in [0.29, 0.717) is 18.2 Å². The lowest BCUT2D eigenvalue weighted by atomic mass is 10.0. The molecular weight excluding hydrogens is 465 g/mol. The molecule has 0 aliphatic heterocycles. The normalized spacial score (nSPS) is 10.9. The van der Waals surface area contributed by atoms with Gasteiger partial charge in [-0.15, -0.1) is 0 Å². The van der Waals surface area contributed by atoms with Crippen LogP contribution in [0.4, 0.5) is 0 Å². The highest BCUT2D eigenvalue weighted by atomic mass is 127. The van der Waals surface area contributed by atoms with Gasteiger partial charge in [0.25, 0.3) is 5.91 Å². The van der Waals surface area contributed by atoms with Crippen LogP contribution in [-0.4, -0.2) is 15.7 Å². The van der Waals surface area contributed by atoms with Crippen molar-refractivity contribution in [2.75, 3.05) is 0 Å². The Hall–Kier alpha value is -2.35. The first-order valence-corrected chi connectivity index (χ1v) is 10.3. The summed E-state index contributed by atoms with van der Waals surface area (Å²) >= 11 is 2.15. The predicted octanol–water partition coefficient (Wildman–Crippen LogP) is 5.18. The van der Waals surface area contributed by atoms with Crippen molar-refractivity contribution >= 4 is 28.5 Å². The lowest BCUT2D eigenvalue weighted by Gasteiger charge is -2.10. The number of benzene rings is 2. The van der Waals surface area contributed by atoms with Gasteiger partial charge in [-0.1, -0.05) is 38.1 Å². The molecule has 5 nitrogen and oxygen atoms in total. The molecule has 1 N–H and O–H groups in total. The molecule has 0 aliphatic carbocycles. The average molecular weight is 489 g/mol. The number of hydrogen-bond donors (Lipinski definition) is 1. The minimum Gasteiger partial charge on any atom is -0.457 e. The van der Waals surface area contributed by atoms with Gasteiger partial charge in [-0.25, -0.2) is 0 Å². The van der Waals surface area contributed by atoms with Crippen molar-refractivity contribution in [2.24, 2.45) is 7.05 Å². The Bertz CT molecular complexity index is 961. The van der Waals surface area contributed by atoms with E-state index in [1.165, 1.54) is 5.56 Å². The van der Waals surface area contributed by atoms with Gasteiger partial charge < -0.3 is 10.1 Å².